The minimum Gasteiger partial charge on any atom is -0.370 e. The summed E-state index contributed by atoms with van der Waals surface area (Å²) in [5.74, 6) is 0.551. The summed E-state index contributed by atoms with van der Waals surface area (Å²) in [6.45, 7) is 5.68. The van der Waals surface area contributed by atoms with E-state index in [1.807, 2.05) is 19.9 Å². The van der Waals surface area contributed by atoms with Crippen LogP contribution in [0.15, 0.2) is 30.3 Å². The lowest BCUT2D eigenvalue weighted by molar-refractivity contribution is -0.137. The van der Waals surface area contributed by atoms with E-state index in [1.165, 1.54) is 12.1 Å². The Morgan fingerprint density at radius 2 is 1.62 bits per heavy atom. The van der Waals surface area contributed by atoms with Gasteiger partial charge in [-0.15, -0.1) is 0 Å². The van der Waals surface area contributed by atoms with Crippen LogP contribution in [0.2, 0.25) is 0 Å². The standard InChI is InChI=1S/C20H22F3N5O/c1-12-7-13(2)25-18(24-12)26-19(29)28-10-14-8-27(9-15(14)11-28)17-6-4-3-5-16(17)20(21,22)23/h3-7,14-15H,8-11H2,1-2H3,(H,24,25,26,29)/t14-,15+. The Labute approximate surface area is 166 Å². The summed E-state index contributed by atoms with van der Waals surface area (Å²) < 4.78 is 40.0. The molecular formula is C20H22F3N5O. The molecule has 2 aliphatic rings. The minimum absolute atomic E-state index is 0.141. The summed E-state index contributed by atoms with van der Waals surface area (Å²) in [6.07, 6.45) is -4.38. The lowest BCUT2D eigenvalue weighted by Crippen LogP contribution is -2.37. The molecule has 2 saturated heterocycles. The number of aryl methyl sites for hydroxylation is 2. The Morgan fingerprint density at radius 3 is 2.21 bits per heavy atom. The molecule has 2 aliphatic heterocycles. The van der Waals surface area contributed by atoms with Gasteiger partial charge < -0.3 is 9.80 Å². The highest BCUT2D eigenvalue weighted by Gasteiger charge is 2.44. The number of aromatic nitrogens is 2. The number of rotatable bonds is 2. The molecule has 4 rings (SSSR count). The van der Waals surface area contributed by atoms with E-state index in [1.54, 1.807) is 15.9 Å². The van der Waals surface area contributed by atoms with Crippen molar-refractivity contribution in [2.24, 2.45) is 11.8 Å². The summed E-state index contributed by atoms with van der Waals surface area (Å²) in [5.41, 5.74) is 1.14. The van der Waals surface area contributed by atoms with Crippen molar-refractivity contribution in [3.8, 4) is 0 Å². The number of hydrogen-bond acceptors (Lipinski definition) is 4. The zero-order chi connectivity index (χ0) is 20.8. The van der Waals surface area contributed by atoms with E-state index in [2.05, 4.69) is 15.3 Å². The molecule has 2 aromatic rings. The first-order chi connectivity index (χ1) is 13.7. The molecule has 0 aliphatic carbocycles. The maximum Gasteiger partial charge on any atom is 0.418 e. The van der Waals surface area contributed by atoms with Crippen LogP contribution in [0.3, 0.4) is 0 Å². The molecule has 1 N–H and O–H groups in total. The first kappa shape index (κ1) is 19.5. The highest BCUT2D eigenvalue weighted by molar-refractivity contribution is 5.87. The minimum atomic E-state index is -4.38. The Balaban J connectivity index is 1.41. The van der Waals surface area contributed by atoms with Gasteiger partial charge in [0.2, 0.25) is 5.95 Å². The third-order valence-corrected chi connectivity index (χ3v) is 5.52. The van der Waals surface area contributed by atoms with Crippen molar-refractivity contribution < 1.29 is 18.0 Å². The van der Waals surface area contributed by atoms with Crippen LogP contribution < -0.4 is 10.2 Å². The van der Waals surface area contributed by atoms with Gasteiger partial charge in [0.05, 0.1) is 5.56 Å². The smallest absolute Gasteiger partial charge is 0.370 e. The van der Waals surface area contributed by atoms with Crippen molar-refractivity contribution in [3.63, 3.8) is 0 Å². The number of carbonyl (C=O) groups excluding carboxylic acids is 1. The monoisotopic (exact) mass is 405 g/mol. The molecule has 1 aromatic heterocycles. The summed E-state index contributed by atoms with van der Waals surface area (Å²) in [4.78, 5) is 24.5. The lowest BCUT2D eigenvalue weighted by Gasteiger charge is -2.25. The number of carbonyl (C=O) groups is 1. The molecule has 2 fully saturated rings. The zero-order valence-electron chi connectivity index (χ0n) is 16.2. The van der Waals surface area contributed by atoms with Gasteiger partial charge in [0, 0.05) is 55.1 Å². The largest absolute Gasteiger partial charge is 0.418 e. The summed E-state index contributed by atoms with van der Waals surface area (Å²) >= 11 is 0. The molecular weight excluding hydrogens is 383 g/mol. The van der Waals surface area contributed by atoms with Gasteiger partial charge in [-0.2, -0.15) is 13.2 Å². The van der Waals surface area contributed by atoms with Crippen LogP contribution in [-0.2, 0) is 6.18 Å². The van der Waals surface area contributed by atoms with E-state index >= 15 is 0 Å². The number of likely N-dealkylation sites (tertiary alicyclic amines) is 1. The van der Waals surface area contributed by atoms with Crippen LogP contribution in [-0.4, -0.2) is 47.1 Å². The van der Waals surface area contributed by atoms with Gasteiger partial charge in [0.25, 0.3) is 0 Å². The Bertz CT molecular complexity index is 898. The molecule has 1 aromatic carbocycles. The predicted molar refractivity (Wildman–Crippen MR) is 103 cm³/mol. The average molecular weight is 405 g/mol. The third-order valence-electron chi connectivity index (χ3n) is 5.52. The molecule has 0 unspecified atom stereocenters. The number of fused-ring (bicyclic) bond motifs is 1. The van der Waals surface area contributed by atoms with E-state index in [9.17, 15) is 18.0 Å². The summed E-state index contributed by atoms with van der Waals surface area (Å²) in [6, 6.07) is 7.22. The van der Waals surface area contributed by atoms with E-state index in [0.717, 1.165) is 17.5 Å². The molecule has 0 bridgehead atoms. The molecule has 2 amide bonds. The molecule has 3 heterocycles. The number of benzene rings is 1. The first-order valence-electron chi connectivity index (χ1n) is 9.50. The molecule has 2 atom stereocenters. The van der Waals surface area contributed by atoms with Crippen LogP contribution in [0.1, 0.15) is 17.0 Å². The Kier molecular flexibility index (Phi) is 4.84. The molecule has 9 heteroatoms. The maximum atomic E-state index is 13.3. The van der Waals surface area contributed by atoms with Crippen molar-refractivity contribution in [2.45, 2.75) is 20.0 Å². The van der Waals surface area contributed by atoms with Crippen LogP contribution >= 0.6 is 0 Å². The summed E-state index contributed by atoms with van der Waals surface area (Å²) in [5, 5.41) is 2.73. The van der Waals surface area contributed by atoms with E-state index in [4.69, 9.17) is 0 Å². The number of urea groups is 1. The van der Waals surface area contributed by atoms with E-state index < -0.39 is 11.7 Å². The number of para-hydroxylation sites is 1. The highest BCUT2D eigenvalue weighted by Crippen LogP contribution is 2.40. The Morgan fingerprint density at radius 1 is 1.03 bits per heavy atom. The van der Waals surface area contributed by atoms with Crippen LogP contribution in [0.4, 0.5) is 29.6 Å². The predicted octanol–water partition coefficient (Wildman–Crippen LogP) is 3.71. The van der Waals surface area contributed by atoms with Gasteiger partial charge in [-0.05, 0) is 32.0 Å². The van der Waals surface area contributed by atoms with Crippen molar-refractivity contribution in [2.75, 3.05) is 36.4 Å². The van der Waals surface area contributed by atoms with Crippen LogP contribution in [0.5, 0.6) is 0 Å². The third kappa shape index (κ3) is 3.99. The SMILES string of the molecule is Cc1cc(C)nc(NC(=O)N2C[C@@H]3CN(c4ccccc4C(F)(F)F)C[C@@H]3C2)n1. The molecule has 0 spiro atoms. The number of nitrogens with one attached hydrogen (secondary N) is 1. The fourth-order valence-corrected chi connectivity index (χ4v) is 4.30. The van der Waals surface area contributed by atoms with Gasteiger partial charge in [0.1, 0.15) is 0 Å². The number of amides is 2. The average Bonchev–Trinajstić information content (AvgIpc) is 3.19. The number of anilines is 2. The van der Waals surface area contributed by atoms with Gasteiger partial charge >= 0.3 is 12.2 Å². The van der Waals surface area contributed by atoms with Crippen LogP contribution in [0.25, 0.3) is 0 Å². The Hall–Kier alpha value is -2.84. The first-order valence-corrected chi connectivity index (χ1v) is 9.50. The number of halogens is 3. The van der Waals surface area contributed by atoms with Crippen molar-refractivity contribution in [3.05, 3.63) is 47.3 Å². The van der Waals surface area contributed by atoms with Crippen molar-refractivity contribution in [1.29, 1.82) is 0 Å². The molecule has 154 valence electrons. The number of hydrogen-bond donors (Lipinski definition) is 1. The fraction of sp³-hybridized carbons (Fsp3) is 0.450. The second kappa shape index (κ2) is 7.20. The maximum absolute atomic E-state index is 13.3. The second-order valence-corrected chi connectivity index (χ2v) is 7.75. The molecule has 29 heavy (non-hydrogen) atoms. The molecule has 0 saturated carbocycles. The molecule has 0 radical (unpaired) electrons. The topological polar surface area (TPSA) is 61.4 Å². The van der Waals surface area contributed by atoms with Gasteiger partial charge in [-0.3, -0.25) is 5.32 Å². The van der Waals surface area contributed by atoms with Gasteiger partial charge in [-0.25, -0.2) is 14.8 Å². The molecule has 6 nitrogen and oxygen atoms in total. The van der Waals surface area contributed by atoms with Crippen molar-refractivity contribution >= 4 is 17.7 Å². The van der Waals surface area contributed by atoms with E-state index in [-0.39, 0.29) is 29.5 Å². The second-order valence-electron chi connectivity index (χ2n) is 7.75. The number of nitrogens with zero attached hydrogens (tertiary/aromatic N) is 4. The normalized spacial score (nSPS) is 21.4. The quantitative estimate of drug-likeness (QED) is 0.828. The van der Waals surface area contributed by atoms with Gasteiger partial charge in [0.15, 0.2) is 0 Å². The zero-order valence-corrected chi connectivity index (χ0v) is 16.2. The van der Waals surface area contributed by atoms with Crippen LogP contribution in [0, 0.1) is 25.7 Å². The van der Waals surface area contributed by atoms with Gasteiger partial charge in [-0.1, -0.05) is 12.1 Å². The fourth-order valence-electron chi connectivity index (χ4n) is 4.30. The summed E-state index contributed by atoms with van der Waals surface area (Å²) in [7, 11) is 0. The van der Waals surface area contributed by atoms with Crippen molar-refractivity contribution in [1.82, 2.24) is 14.9 Å². The van der Waals surface area contributed by atoms with E-state index in [0.29, 0.717) is 26.2 Å². The lowest BCUT2D eigenvalue weighted by atomic mass is 10.0. The number of alkyl halides is 3. The highest BCUT2D eigenvalue weighted by atomic mass is 19.4.